The fourth-order valence-corrected chi connectivity index (χ4v) is 3.40. The summed E-state index contributed by atoms with van der Waals surface area (Å²) in [6.45, 7) is 8.19. The normalized spacial score (nSPS) is 20.9. The van der Waals surface area contributed by atoms with Gasteiger partial charge in [-0.1, -0.05) is 12.8 Å². The van der Waals surface area contributed by atoms with E-state index >= 15 is 0 Å². The molecule has 0 N–H and O–H groups in total. The van der Waals surface area contributed by atoms with Gasteiger partial charge in [0.15, 0.2) is 0 Å². The number of rotatable bonds is 5. The minimum Gasteiger partial charge on any atom is -0.478 e. The van der Waals surface area contributed by atoms with Crippen molar-refractivity contribution < 1.29 is 4.74 Å². The van der Waals surface area contributed by atoms with Gasteiger partial charge in [0.25, 0.3) is 0 Å². The lowest BCUT2D eigenvalue weighted by Gasteiger charge is -2.35. The third-order valence-corrected chi connectivity index (χ3v) is 4.56. The molecule has 2 aliphatic rings. The van der Waals surface area contributed by atoms with Crippen molar-refractivity contribution >= 4 is 5.95 Å². The summed E-state index contributed by atoms with van der Waals surface area (Å²) in [5, 5.41) is 0. The monoisotopic (exact) mass is 290 g/mol. The molecule has 116 valence electrons. The summed E-state index contributed by atoms with van der Waals surface area (Å²) >= 11 is 0. The number of piperazine rings is 1. The third-order valence-electron chi connectivity index (χ3n) is 4.56. The van der Waals surface area contributed by atoms with Crippen LogP contribution in [0, 0.1) is 5.92 Å². The largest absolute Gasteiger partial charge is 0.478 e. The molecule has 0 aromatic carbocycles. The number of aromatic nitrogens is 2. The number of hydrogen-bond acceptors (Lipinski definition) is 5. The first kappa shape index (κ1) is 14.6. The van der Waals surface area contributed by atoms with Gasteiger partial charge in [-0.05, 0) is 25.7 Å². The van der Waals surface area contributed by atoms with Gasteiger partial charge in [0.1, 0.15) is 0 Å². The lowest BCUT2D eigenvalue weighted by molar-refractivity contribution is 0.219. The number of anilines is 1. The Morgan fingerprint density at radius 3 is 2.67 bits per heavy atom. The Kier molecular flexibility index (Phi) is 4.91. The molecule has 2 fully saturated rings. The zero-order valence-electron chi connectivity index (χ0n) is 13.0. The Balaban J connectivity index is 1.51. The minimum atomic E-state index is 0.644. The van der Waals surface area contributed by atoms with Crippen LogP contribution in [0.3, 0.4) is 0 Å². The third kappa shape index (κ3) is 3.84. The van der Waals surface area contributed by atoms with Crippen LogP contribution in [-0.2, 0) is 0 Å². The Hall–Kier alpha value is -1.36. The van der Waals surface area contributed by atoms with Gasteiger partial charge in [0, 0.05) is 45.0 Å². The Bertz CT molecular complexity index is 440. The molecule has 2 heterocycles. The predicted molar refractivity (Wildman–Crippen MR) is 83.8 cm³/mol. The van der Waals surface area contributed by atoms with E-state index in [-0.39, 0.29) is 0 Å². The summed E-state index contributed by atoms with van der Waals surface area (Å²) in [4.78, 5) is 13.8. The summed E-state index contributed by atoms with van der Waals surface area (Å²) in [5.74, 6) is 2.42. The Labute approximate surface area is 127 Å². The summed E-state index contributed by atoms with van der Waals surface area (Å²) in [5.41, 5.74) is 0. The molecular weight excluding hydrogens is 264 g/mol. The molecule has 1 aromatic heterocycles. The quantitative estimate of drug-likeness (QED) is 0.831. The van der Waals surface area contributed by atoms with Crippen LogP contribution in [0.2, 0.25) is 0 Å². The van der Waals surface area contributed by atoms with Gasteiger partial charge in [-0.2, -0.15) is 4.98 Å². The molecule has 3 rings (SSSR count). The van der Waals surface area contributed by atoms with Crippen LogP contribution in [0.25, 0.3) is 0 Å². The fourth-order valence-electron chi connectivity index (χ4n) is 3.40. The molecular formula is C16H26N4O. The smallest absolute Gasteiger partial charge is 0.228 e. The van der Waals surface area contributed by atoms with Crippen molar-refractivity contribution in [1.82, 2.24) is 14.9 Å². The molecule has 21 heavy (non-hydrogen) atoms. The summed E-state index contributed by atoms with van der Waals surface area (Å²) in [7, 11) is 0. The van der Waals surface area contributed by atoms with Gasteiger partial charge in [0.05, 0.1) is 6.61 Å². The first-order chi connectivity index (χ1) is 10.3. The van der Waals surface area contributed by atoms with E-state index in [1.165, 1.54) is 32.2 Å². The molecule has 1 aromatic rings. The average Bonchev–Trinajstić information content (AvgIpc) is 3.02. The maximum atomic E-state index is 5.46. The molecule has 5 nitrogen and oxygen atoms in total. The summed E-state index contributed by atoms with van der Waals surface area (Å²) < 4.78 is 5.46. The highest BCUT2D eigenvalue weighted by Crippen LogP contribution is 2.26. The van der Waals surface area contributed by atoms with Crippen molar-refractivity contribution in [3.8, 4) is 5.88 Å². The van der Waals surface area contributed by atoms with Crippen LogP contribution in [0.4, 0.5) is 5.95 Å². The van der Waals surface area contributed by atoms with Crippen molar-refractivity contribution in [2.24, 2.45) is 5.92 Å². The van der Waals surface area contributed by atoms with Gasteiger partial charge in [-0.25, -0.2) is 4.98 Å². The van der Waals surface area contributed by atoms with E-state index < -0.39 is 0 Å². The number of hydrogen-bond donors (Lipinski definition) is 0. The second-order valence-electron chi connectivity index (χ2n) is 6.07. The Morgan fingerprint density at radius 2 is 1.95 bits per heavy atom. The number of nitrogens with zero attached hydrogens (tertiary/aromatic N) is 4. The molecule has 0 bridgehead atoms. The van der Waals surface area contributed by atoms with Crippen LogP contribution in [-0.4, -0.2) is 54.2 Å². The van der Waals surface area contributed by atoms with Gasteiger partial charge >= 0.3 is 0 Å². The maximum Gasteiger partial charge on any atom is 0.228 e. The molecule has 0 radical (unpaired) electrons. The van der Waals surface area contributed by atoms with Crippen LogP contribution >= 0.6 is 0 Å². The predicted octanol–water partition coefficient (Wildman–Crippen LogP) is 2.19. The van der Waals surface area contributed by atoms with Crippen LogP contribution in [0.5, 0.6) is 5.88 Å². The maximum absolute atomic E-state index is 5.46. The van der Waals surface area contributed by atoms with Crippen molar-refractivity contribution in [1.29, 1.82) is 0 Å². The van der Waals surface area contributed by atoms with Crippen LogP contribution in [0.15, 0.2) is 12.3 Å². The summed E-state index contributed by atoms with van der Waals surface area (Å²) in [6.07, 6.45) is 7.52. The van der Waals surface area contributed by atoms with Gasteiger partial charge in [-0.3, -0.25) is 4.90 Å². The fraction of sp³-hybridized carbons (Fsp3) is 0.750. The minimum absolute atomic E-state index is 0.644. The lowest BCUT2D eigenvalue weighted by Crippen LogP contribution is -2.48. The molecule has 0 spiro atoms. The Morgan fingerprint density at radius 1 is 1.19 bits per heavy atom. The topological polar surface area (TPSA) is 41.5 Å². The van der Waals surface area contributed by atoms with Gasteiger partial charge in [0.2, 0.25) is 11.8 Å². The van der Waals surface area contributed by atoms with E-state index in [0.717, 1.165) is 38.0 Å². The van der Waals surface area contributed by atoms with Crippen molar-refractivity contribution in [2.75, 3.05) is 44.2 Å². The molecule has 0 unspecified atom stereocenters. The molecule has 5 heteroatoms. The lowest BCUT2D eigenvalue weighted by atomic mass is 10.1. The van der Waals surface area contributed by atoms with Crippen molar-refractivity contribution in [2.45, 2.75) is 32.6 Å². The second kappa shape index (κ2) is 7.07. The van der Waals surface area contributed by atoms with Crippen LogP contribution < -0.4 is 9.64 Å². The first-order valence-electron chi connectivity index (χ1n) is 8.28. The molecule has 0 amide bonds. The van der Waals surface area contributed by atoms with E-state index in [0.29, 0.717) is 12.5 Å². The average molecular weight is 290 g/mol. The van der Waals surface area contributed by atoms with Gasteiger partial charge < -0.3 is 9.64 Å². The highest BCUT2D eigenvalue weighted by atomic mass is 16.5. The van der Waals surface area contributed by atoms with Crippen molar-refractivity contribution in [3.63, 3.8) is 0 Å². The van der Waals surface area contributed by atoms with Crippen molar-refractivity contribution in [3.05, 3.63) is 12.3 Å². The number of ether oxygens (including phenoxy) is 1. The highest BCUT2D eigenvalue weighted by molar-refractivity contribution is 5.32. The van der Waals surface area contributed by atoms with E-state index in [1.54, 1.807) is 6.20 Å². The highest BCUT2D eigenvalue weighted by Gasteiger charge is 2.23. The van der Waals surface area contributed by atoms with E-state index in [2.05, 4.69) is 19.8 Å². The molecule has 0 atom stereocenters. The van der Waals surface area contributed by atoms with Gasteiger partial charge in [-0.15, -0.1) is 0 Å². The standard InChI is InChI=1S/C16H26N4O/c1-2-21-15-7-8-17-16(18-15)20-11-9-19(10-12-20)13-14-5-3-4-6-14/h7-8,14H,2-6,9-13H2,1H3. The van der Waals surface area contributed by atoms with Crippen LogP contribution in [0.1, 0.15) is 32.6 Å². The second-order valence-corrected chi connectivity index (χ2v) is 6.07. The molecule has 1 aliphatic heterocycles. The zero-order valence-corrected chi connectivity index (χ0v) is 13.0. The SMILES string of the molecule is CCOc1ccnc(N2CCN(CC3CCCC3)CC2)n1. The van der Waals surface area contributed by atoms with E-state index in [1.807, 2.05) is 13.0 Å². The molecule has 1 aliphatic carbocycles. The first-order valence-corrected chi connectivity index (χ1v) is 8.28. The molecule has 1 saturated carbocycles. The van der Waals surface area contributed by atoms with E-state index in [4.69, 9.17) is 4.74 Å². The molecule has 1 saturated heterocycles. The summed E-state index contributed by atoms with van der Waals surface area (Å²) in [6, 6.07) is 1.82. The zero-order chi connectivity index (χ0) is 14.5. The van der Waals surface area contributed by atoms with E-state index in [9.17, 15) is 0 Å².